The van der Waals surface area contributed by atoms with E-state index < -0.39 is 0 Å². The lowest BCUT2D eigenvalue weighted by Gasteiger charge is -2.25. The predicted molar refractivity (Wildman–Crippen MR) is 86.9 cm³/mol. The van der Waals surface area contributed by atoms with Crippen LogP contribution in [0, 0.1) is 5.92 Å². The van der Waals surface area contributed by atoms with E-state index in [0.29, 0.717) is 6.04 Å². The number of nitrogens with one attached hydrogen (secondary N) is 1. The summed E-state index contributed by atoms with van der Waals surface area (Å²) in [6, 6.07) is 11.4. The van der Waals surface area contributed by atoms with Crippen molar-refractivity contribution in [2.45, 2.75) is 45.6 Å². The van der Waals surface area contributed by atoms with Gasteiger partial charge in [0.25, 0.3) is 0 Å². The molecule has 1 saturated carbocycles. The molecule has 0 heterocycles. The molecule has 0 spiro atoms. The van der Waals surface area contributed by atoms with Crippen molar-refractivity contribution in [3.63, 3.8) is 0 Å². The molecular weight excluding hydrogens is 244 g/mol. The Hall–Kier alpha value is -0.860. The van der Waals surface area contributed by atoms with Crippen molar-refractivity contribution < 1.29 is 0 Å². The highest BCUT2D eigenvalue weighted by Gasteiger charge is 2.24. The summed E-state index contributed by atoms with van der Waals surface area (Å²) in [6.45, 7) is 9.32. The molecule has 1 aliphatic rings. The van der Waals surface area contributed by atoms with Crippen molar-refractivity contribution in [3.05, 3.63) is 35.9 Å². The van der Waals surface area contributed by atoms with Gasteiger partial charge in [-0.1, -0.05) is 44.2 Å². The summed E-state index contributed by atoms with van der Waals surface area (Å²) in [5.41, 5.74) is 1.43. The molecule has 0 amide bonds. The average Bonchev–Trinajstić information content (AvgIpc) is 3.28. The van der Waals surface area contributed by atoms with Crippen LogP contribution in [0.5, 0.6) is 0 Å². The first-order valence-electron chi connectivity index (χ1n) is 8.34. The molecule has 1 N–H and O–H groups in total. The van der Waals surface area contributed by atoms with E-state index in [1.165, 1.54) is 50.9 Å². The van der Waals surface area contributed by atoms with E-state index in [1.807, 2.05) is 0 Å². The number of hydrogen-bond donors (Lipinski definition) is 1. The van der Waals surface area contributed by atoms with E-state index in [2.05, 4.69) is 54.4 Å². The molecule has 1 atom stereocenters. The zero-order chi connectivity index (χ0) is 14.2. The quantitative estimate of drug-likeness (QED) is 0.697. The summed E-state index contributed by atoms with van der Waals surface area (Å²) in [6.07, 6.45) is 5.39. The largest absolute Gasteiger partial charge is 0.310 e. The molecule has 1 fully saturated rings. The average molecular weight is 274 g/mol. The van der Waals surface area contributed by atoms with E-state index in [-0.39, 0.29) is 0 Å². The van der Waals surface area contributed by atoms with Gasteiger partial charge < -0.3 is 10.2 Å². The van der Waals surface area contributed by atoms with Gasteiger partial charge in [0.15, 0.2) is 0 Å². The lowest BCUT2D eigenvalue weighted by molar-refractivity contribution is 0.248. The molecule has 2 rings (SSSR count). The molecule has 0 radical (unpaired) electrons. The molecule has 112 valence electrons. The van der Waals surface area contributed by atoms with E-state index in [4.69, 9.17) is 0 Å². The Morgan fingerprint density at radius 2 is 1.90 bits per heavy atom. The third kappa shape index (κ3) is 5.26. The molecular formula is C18H30N2. The predicted octanol–water partition coefficient (Wildman–Crippen LogP) is 3.85. The third-order valence-electron chi connectivity index (χ3n) is 4.14. The van der Waals surface area contributed by atoms with Crippen molar-refractivity contribution in [2.24, 2.45) is 5.92 Å². The van der Waals surface area contributed by atoms with Crippen LogP contribution < -0.4 is 5.32 Å². The molecule has 0 bridgehead atoms. The Kier molecular flexibility index (Phi) is 6.55. The minimum absolute atomic E-state index is 0.500. The zero-order valence-electron chi connectivity index (χ0n) is 13.1. The lowest BCUT2D eigenvalue weighted by Crippen LogP contribution is -2.31. The zero-order valence-corrected chi connectivity index (χ0v) is 13.1. The van der Waals surface area contributed by atoms with Gasteiger partial charge in [-0.3, -0.25) is 0 Å². The highest BCUT2D eigenvalue weighted by Crippen LogP contribution is 2.30. The maximum atomic E-state index is 3.64. The SMILES string of the molecule is CCCN(CCC(NCC)c1ccccc1)CC1CC1. The van der Waals surface area contributed by atoms with Crippen LogP contribution in [0.25, 0.3) is 0 Å². The van der Waals surface area contributed by atoms with Crippen molar-refractivity contribution in [2.75, 3.05) is 26.2 Å². The maximum absolute atomic E-state index is 3.64. The fraction of sp³-hybridized carbons (Fsp3) is 0.667. The molecule has 1 aromatic carbocycles. The Morgan fingerprint density at radius 3 is 2.50 bits per heavy atom. The second kappa shape index (κ2) is 8.43. The number of nitrogens with zero attached hydrogens (tertiary/aromatic N) is 1. The highest BCUT2D eigenvalue weighted by atomic mass is 15.1. The van der Waals surface area contributed by atoms with Crippen LogP contribution >= 0.6 is 0 Å². The second-order valence-corrected chi connectivity index (χ2v) is 6.05. The molecule has 0 saturated heterocycles. The van der Waals surface area contributed by atoms with Crippen molar-refractivity contribution in [1.82, 2.24) is 10.2 Å². The first-order valence-corrected chi connectivity index (χ1v) is 8.34. The van der Waals surface area contributed by atoms with Gasteiger partial charge in [0, 0.05) is 12.6 Å². The van der Waals surface area contributed by atoms with Gasteiger partial charge in [-0.15, -0.1) is 0 Å². The Balaban J connectivity index is 1.86. The molecule has 1 aromatic rings. The van der Waals surface area contributed by atoms with Crippen LogP contribution in [0.1, 0.15) is 51.1 Å². The summed E-state index contributed by atoms with van der Waals surface area (Å²) >= 11 is 0. The molecule has 2 nitrogen and oxygen atoms in total. The van der Waals surface area contributed by atoms with E-state index >= 15 is 0 Å². The first-order chi connectivity index (χ1) is 9.83. The van der Waals surface area contributed by atoms with Gasteiger partial charge in [0.05, 0.1) is 0 Å². The molecule has 0 aliphatic heterocycles. The smallest absolute Gasteiger partial charge is 0.0332 e. The minimum atomic E-state index is 0.500. The molecule has 1 aliphatic carbocycles. The Morgan fingerprint density at radius 1 is 1.15 bits per heavy atom. The van der Waals surface area contributed by atoms with Crippen LogP contribution in [0.3, 0.4) is 0 Å². The summed E-state index contributed by atoms with van der Waals surface area (Å²) in [7, 11) is 0. The van der Waals surface area contributed by atoms with Crippen LogP contribution in [0.4, 0.5) is 0 Å². The van der Waals surface area contributed by atoms with Crippen LogP contribution in [-0.2, 0) is 0 Å². The van der Waals surface area contributed by atoms with Gasteiger partial charge in [0.1, 0.15) is 0 Å². The molecule has 20 heavy (non-hydrogen) atoms. The van der Waals surface area contributed by atoms with Crippen LogP contribution in [-0.4, -0.2) is 31.1 Å². The van der Waals surface area contributed by atoms with E-state index in [0.717, 1.165) is 12.5 Å². The van der Waals surface area contributed by atoms with Gasteiger partial charge in [-0.05, 0) is 56.8 Å². The van der Waals surface area contributed by atoms with Crippen molar-refractivity contribution >= 4 is 0 Å². The second-order valence-electron chi connectivity index (χ2n) is 6.05. The fourth-order valence-electron chi connectivity index (χ4n) is 2.91. The minimum Gasteiger partial charge on any atom is -0.310 e. The highest BCUT2D eigenvalue weighted by molar-refractivity contribution is 5.18. The third-order valence-corrected chi connectivity index (χ3v) is 4.14. The first kappa shape index (κ1) is 15.5. The van der Waals surface area contributed by atoms with Gasteiger partial charge in [-0.2, -0.15) is 0 Å². The number of hydrogen-bond acceptors (Lipinski definition) is 2. The van der Waals surface area contributed by atoms with Gasteiger partial charge >= 0.3 is 0 Å². The summed E-state index contributed by atoms with van der Waals surface area (Å²) in [5.74, 6) is 0.996. The van der Waals surface area contributed by atoms with Crippen molar-refractivity contribution in [1.29, 1.82) is 0 Å². The molecule has 2 heteroatoms. The van der Waals surface area contributed by atoms with Gasteiger partial charge in [-0.25, -0.2) is 0 Å². The number of rotatable bonds is 10. The monoisotopic (exact) mass is 274 g/mol. The lowest BCUT2D eigenvalue weighted by atomic mass is 10.0. The fourth-order valence-corrected chi connectivity index (χ4v) is 2.91. The molecule has 0 aromatic heterocycles. The standard InChI is InChI=1S/C18H30N2/c1-3-13-20(15-16-10-11-16)14-12-18(19-4-2)17-8-6-5-7-9-17/h5-9,16,18-19H,3-4,10-15H2,1-2H3. The Bertz CT molecular complexity index is 359. The number of benzene rings is 1. The van der Waals surface area contributed by atoms with Crippen molar-refractivity contribution in [3.8, 4) is 0 Å². The van der Waals surface area contributed by atoms with E-state index in [9.17, 15) is 0 Å². The topological polar surface area (TPSA) is 15.3 Å². The molecule has 1 unspecified atom stereocenters. The van der Waals surface area contributed by atoms with Crippen LogP contribution in [0.15, 0.2) is 30.3 Å². The normalized spacial score (nSPS) is 16.6. The summed E-state index contributed by atoms with van der Waals surface area (Å²) < 4.78 is 0. The van der Waals surface area contributed by atoms with E-state index in [1.54, 1.807) is 0 Å². The van der Waals surface area contributed by atoms with Crippen LogP contribution in [0.2, 0.25) is 0 Å². The summed E-state index contributed by atoms with van der Waals surface area (Å²) in [5, 5.41) is 3.64. The Labute approximate surface area is 124 Å². The van der Waals surface area contributed by atoms with Gasteiger partial charge in [0.2, 0.25) is 0 Å². The summed E-state index contributed by atoms with van der Waals surface area (Å²) in [4.78, 5) is 2.67. The maximum Gasteiger partial charge on any atom is 0.0332 e.